The van der Waals surface area contributed by atoms with Crippen molar-refractivity contribution in [2.75, 3.05) is 0 Å². The van der Waals surface area contributed by atoms with Crippen molar-refractivity contribution in [2.45, 2.75) is 18.6 Å². The van der Waals surface area contributed by atoms with Crippen molar-refractivity contribution in [1.29, 1.82) is 0 Å². The maximum Gasteiger partial charge on any atom is 0.471 e. The van der Waals surface area contributed by atoms with Crippen LogP contribution in [0.1, 0.15) is 5.56 Å². The number of nitrogens with one attached hydrogen (secondary N) is 1. The van der Waals surface area contributed by atoms with Crippen LogP contribution in [0.5, 0.6) is 0 Å². The predicted molar refractivity (Wildman–Crippen MR) is 63.5 cm³/mol. The summed E-state index contributed by atoms with van der Waals surface area (Å²) >= 11 is 3.17. The number of rotatable bonds is 4. The van der Waals surface area contributed by atoms with Gasteiger partial charge in [-0.2, -0.15) is 13.2 Å². The van der Waals surface area contributed by atoms with Crippen molar-refractivity contribution in [3.8, 4) is 0 Å². The standard InChI is InChI=1S/C11H9BrF3NO3/c12-7-3-1-6(2-4-7)5-8(9(17)18)16-10(19)11(13,14)15/h1-4,8H,5H2,(H,16,19)(H,17,18). The van der Waals surface area contributed by atoms with Gasteiger partial charge in [0.05, 0.1) is 0 Å². The van der Waals surface area contributed by atoms with E-state index in [9.17, 15) is 22.8 Å². The van der Waals surface area contributed by atoms with Crippen molar-refractivity contribution in [3.05, 3.63) is 34.3 Å². The van der Waals surface area contributed by atoms with Crippen LogP contribution in [0.25, 0.3) is 0 Å². The lowest BCUT2D eigenvalue weighted by Gasteiger charge is -2.15. The van der Waals surface area contributed by atoms with Gasteiger partial charge in [-0.1, -0.05) is 28.1 Å². The molecule has 0 heterocycles. The van der Waals surface area contributed by atoms with Crippen LogP contribution in [0.2, 0.25) is 0 Å². The van der Waals surface area contributed by atoms with Gasteiger partial charge in [-0.25, -0.2) is 4.79 Å². The molecule has 4 nitrogen and oxygen atoms in total. The maximum atomic E-state index is 12.1. The fraction of sp³-hybridized carbons (Fsp3) is 0.273. The summed E-state index contributed by atoms with van der Waals surface area (Å²) in [4.78, 5) is 21.6. The van der Waals surface area contributed by atoms with E-state index in [1.54, 1.807) is 24.3 Å². The van der Waals surface area contributed by atoms with E-state index in [4.69, 9.17) is 5.11 Å². The molecule has 0 radical (unpaired) electrons. The Balaban J connectivity index is 2.77. The number of carboxylic acid groups (broad SMARTS) is 1. The molecule has 2 N–H and O–H groups in total. The Labute approximate surface area is 114 Å². The number of alkyl halides is 3. The molecule has 1 rings (SSSR count). The van der Waals surface area contributed by atoms with Crippen LogP contribution in [0.15, 0.2) is 28.7 Å². The van der Waals surface area contributed by atoms with Gasteiger partial charge >= 0.3 is 18.1 Å². The summed E-state index contributed by atoms with van der Waals surface area (Å²) < 4.78 is 36.9. The zero-order valence-electron chi connectivity index (χ0n) is 9.37. The number of hydrogen-bond acceptors (Lipinski definition) is 2. The third kappa shape index (κ3) is 4.90. The first-order chi connectivity index (χ1) is 8.70. The molecule has 0 spiro atoms. The largest absolute Gasteiger partial charge is 0.480 e. The van der Waals surface area contributed by atoms with Gasteiger partial charge in [0, 0.05) is 10.9 Å². The summed E-state index contributed by atoms with van der Waals surface area (Å²) in [6.07, 6.45) is -5.34. The Morgan fingerprint density at radius 2 is 1.79 bits per heavy atom. The molecule has 19 heavy (non-hydrogen) atoms. The van der Waals surface area contributed by atoms with Gasteiger partial charge in [0.25, 0.3) is 0 Å². The number of amides is 1. The zero-order valence-corrected chi connectivity index (χ0v) is 11.0. The second kappa shape index (κ2) is 6.05. The average Bonchev–Trinajstić information content (AvgIpc) is 2.29. The lowest BCUT2D eigenvalue weighted by Crippen LogP contribution is -2.47. The van der Waals surface area contributed by atoms with Gasteiger partial charge in [-0.3, -0.25) is 4.79 Å². The zero-order chi connectivity index (χ0) is 14.6. The molecule has 0 fully saturated rings. The third-order valence-electron chi connectivity index (χ3n) is 2.21. The number of carboxylic acids is 1. The summed E-state index contributed by atoms with van der Waals surface area (Å²) in [5, 5.41) is 10.3. The topological polar surface area (TPSA) is 66.4 Å². The van der Waals surface area contributed by atoms with Crippen LogP contribution in [-0.2, 0) is 16.0 Å². The molecule has 0 bridgehead atoms. The second-order valence-corrected chi connectivity index (χ2v) is 4.61. The highest BCUT2D eigenvalue weighted by Gasteiger charge is 2.40. The summed E-state index contributed by atoms with van der Waals surface area (Å²) in [6.45, 7) is 0. The minimum atomic E-state index is -5.10. The molecular weight excluding hydrogens is 331 g/mol. The monoisotopic (exact) mass is 339 g/mol. The molecule has 8 heteroatoms. The quantitative estimate of drug-likeness (QED) is 0.883. The molecule has 0 aromatic heterocycles. The molecule has 0 saturated carbocycles. The molecule has 0 aliphatic carbocycles. The summed E-state index contributed by atoms with van der Waals surface area (Å²) in [5.74, 6) is -3.79. The highest BCUT2D eigenvalue weighted by atomic mass is 79.9. The number of hydrogen-bond donors (Lipinski definition) is 2. The number of aliphatic carboxylic acids is 1. The first kappa shape index (κ1) is 15.5. The van der Waals surface area contributed by atoms with E-state index in [2.05, 4.69) is 15.9 Å². The van der Waals surface area contributed by atoms with Crippen molar-refractivity contribution in [2.24, 2.45) is 0 Å². The van der Waals surface area contributed by atoms with E-state index in [-0.39, 0.29) is 6.42 Å². The molecule has 1 amide bonds. The lowest BCUT2D eigenvalue weighted by molar-refractivity contribution is -0.175. The van der Waals surface area contributed by atoms with Crippen LogP contribution in [0.4, 0.5) is 13.2 Å². The fourth-order valence-electron chi connectivity index (χ4n) is 1.30. The predicted octanol–water partition coefficient (Wildman–Crippen LogP) is 2.12. The van der Waals surface area contributed by atoms with Crippen molar-refractivity contribution < 1.29 is 27.9 Å². The molecule has 1 atom stereocenters. The fourth-order valence-corrected chi connectivity index (χ4v) is 1.56. The number of carbonyl (C=O) groups excluding carboxylic acids is 1. The van der Waals surface area contributed by atoms with E-state index >= 15 is 0 Å². The summed E-state index contributed by atoms with van der Waals surface area (Å²) in [5.41, 5.74) is 0.498. The summed E-state index contributed by atoms with van der Waals surface area (Å²) in [7, 11) is 0. The van der Waals surface area contributed by atoms with E-state index in [0.29, 0.717) is 5.56 Å². The first-order valence-corrected chi connectivity index (χ1v) is 5.84. The maximum absolute atomic E-state index is 12.1. The van der Waals surface area contributed by atoms with Crippen LogP contribution in [0, 0.1) is 0 Å². The lowest BCUT2D eigenvalue weighted by atomic mass is 10.1. The summed E-state index contributed by atoms with van der Waals surface area (Å²) in [6, 6.07) is 4.73. The van der Waals surface area contributed by atoms with Gasteiger partial charge in [0.1, 0.15) is 6.04 Å². The Bertz CT molecular complexity index is 473. The van der Waals surface area contributed by atoms with E-state index in [0.717, 1.165) is 4.47 Å². The Morgan fingerprint density at radius 1 is 1.26 bits per heavy atom. The van der Waals surface area contributed by atoms with Crippen LogP contribution >= 0.6 is 15.9 Å². The van der Waals surface area contributed by atoms with Crippen molar-refractivity contribution >= 4 is 27.8 Å². The van der Waals surface area contributed by atoms with Crippen LogP contribution in [-0.4, -0.2) is 29.2 Å². The molecule has 0 saturated heterocycles. The number of carbonyl (C=O) groups is 2. The normalized spacial score (nSPS) is 12.8. The highest BCUT2D eigenvalue weighted by molar-refractivity contribution is 9.10. The first-order valence-electron chi connectivity index (χ1n) is 5.05. The van der Waals surface area contributed by atoms with Gasteiger partial charge in [0.15, 0.2) is 0 Å². The van der Waals surface area contributed by atoms with Gasteiger partial charge in [-0.15, -0.1) is 0 Å². The van der Waals surface area contributed by atoms with E-state index < -0.39 is 24.1 Å². The Hall–Kier alpha value is -1.57. The minimum absolute atomic E-state index is 0.232. The second-order valence-electron chi connectivity index (χ2n) is 3.69. The highest BCUT2D eigenvalue weighted by Crippen LogP contribution is 2.16. The van der Waals surface area contributed by atoms with Gasteiger partial charge < -0.3 is 10.4 Å². The third-order valence-corrected chi connectivity index (χ3v) is 2.74. The molecular formula is C11H9BrF3NO3. The van der Waals surface area contributed by atoms with Gasteiger partial charge in [0.2, 0.25) is 0 Å². The number of halogens is 4. The SMILES string of the molecule is O=C(O)C(Cc1ccc(Br)cc1)NC(=O)C(F)(F)F. The van der Waals surface area contributed by atoms with Crippen LogP contribution < -0.4 is 5.32 Å². The van der Waals surface area contributed by atoms with Crippen molar-refractivity contribution in [1.82, 2.24) is 5.32 Å². The van der Waals surface area contributed by atoms with E-state index in [1.807, 2.05) is 0 Å². The smallest absolute Gasteiger partial charge is 0.471 e. The van der Waals surface area contributed by atoms with Gasteiger partial charge in [-0.05, 0) is 17.7 Å². The molecule has 1 aromatic rings. The Kier molecular flexibility index (Phi) is 4.93. The Morgan fingerprint density at radius 3 is 2.21 bits per heavy atom. The minimum Gasteiger partial charge on any atom is -0.480 e. The van der Waals surface area contributed by atoms with Crippen molar-refractivity contribution in [3.63, 3.8) is 0 Å². The average molecular weight is 340 g/mol. The molecule has 1 unspecified atom stereocenters. The molecule has 104 valence electrons. The molecule has 0 aliphatic heterocycles. The van der Waals surface area contributed by atoms with E-state index in [1.165, 1.54) is 5.32 Å². The number of benzene rings is 1. The molecule has 0 aliphatic rings. The van der Waals surface area contributed by atoms with Crippen LogP contribution in [0.3, 0.4) is 0 Å². The molecule has 1 aromatic carbocycles.